The van der Waals surface area contributed by atoms with E-state index in [2.05, 4.69) is 68.4 Å². The van der Waals surface area contributed by atoms with Crippen LogP contribution in [0.3, 0.4) is 0 Å². The zero-order valence-electron chi connectivity index (χ0n) is 15.0. The Morgan fingerprint density at radius 1 is 0.913 bits per heavy atom. The molecule has 0 saturated carbocycles. The van der Waals surface area contributed by atoms with E-state index in [1.54, 1.807) is 9.14 Å². The van der Waals surface area contributed by atoms with Gasteiger partial charge in [-0.2, -0.15) is 0 Å². The van der Waals surface area contributed by atoms with Crippen molar-refractivity contribution >= 4 is 22.0 Å². The molecule has 0 spiro atoms. The van der Waals surface area contributed by atoms with Crippen molar-refractivity contribution in [1.29, 1.82) is 0 Å². The van der Waals surface area contributed by atoms with Gasteiger partial charge in [0.1, 0.15) is 0 Å². The molecule has 1 heterocycles. The Kier molecular flexibility index (Phi) is 7.61. The van der Waals surface area contributed by atoms with E-state index in [0.29, 0.717) is 0 Å². The Hall–Kier alpha value is -0.831. The van der Waals surface area contributed by atoms with Crippen molar-refractivity contribution in [3.05, 3.63) is 59.9 Å². The van der Waals surface area contributed by atoms with Gasteiger partial charge in [-0.3, -0.25) is 0 Å². The molecular weight excluding hydrogens is 385 g/mol. The molecule has 1 aromatic heterocycles. The van der Waals surface area contributed by atoms with Gasteiger partial charge in [0, 0.05) is 0 Å². The molecule has 1 aromatic carbocycles. The Balaban J connectivity index is 2.42. The Bertz CT molecular complexity index is 571. The first kappa shape index (κ1) is 18.5. The quantitative estimate of drug-likeness (QED) is 0.497. The van der Waals surface area contributed by atoms with Gasteiger partial charge in [-0.25, -0.2) is 0 Å². The number of aromatic nitrogens is 1. The van der Waals surface area contributed by atoms with Crippen molar-refractivity contribution in [3.63, 3.8) is 0 Å². The van der Waals surface area contributed by atoms with E-state index in [0.717, 1.165) is 0 Å². The monoisotopic (exact) mass is 417 g/mol. The van der Waals surface area contributed by atoms with E-state index in [1.165, 1.54) is 44.6 Å². The average molecular weight is 416 g/mol. The normalized spacial score (nSPS) is 11.6. The molecule has 0 unspecified atom stereocenters. The fourth-order valence-corrected chi connectivity index (χ4v) is 19.9. The molecule has 23 heavy (non-hydrogen) atoms. The summed E-state index contributed by atoms with van der Waals surface area (Å²) in [5.74, 6) is 0. The van der Waals surface area contributed by atoms with Gasteiger partial charge in [0.15, 0.2) is 0 Å². The van der Waals surface area contributed by atoms with E-state index in [1.807, 2.05) is 6.20 Å². The number of hydrogen-bond acceptors (Lipinski definition) is 1. The summed E-state index contributed by atoms with van der Waals surface area (Å²) < 4.78 is 5.94. The topological polar surface area (TPSA) is 12.9 Å². The van der Waals surface area contributed by atoms with Gasteiger partial charge in [-0.1, -0.05) is 0 Å². The number of aryl methyl sites for hydroxylation is 1. The number of pyridine rings is 1. The Morgan fingerprint density at radius 3 is 2.13 bits per heavy atom. The summed E-state index contributed by atoms with van der Waals surface area (Å²) in [4.78, 5) is 4.52. The Labute approximate surface area is 146 Å². The van der Waals surface area contributed by atoms with Crippen molar-refractivity contribution in [1.82, 2.24) is 4.98 Å². The zero-order valence-corrected chi connectivity index (χ0v) is 17.9. The number of rotatable bonds is 9. The summed E-state index contributed by atoms with van der Waals surface area (Å²) in [6.45, 7) is 6.95. The van der Waals surface area contributed by atoms with E-state index < -0.39 is 18.4 Å². The van der Waals surface area contributed by atoms with Crippen molar-refractivity contribution < 1.29 is 0 Å². The van der Waals surface area contributed by atoms with Crippen LogP contribution in [0.25, 0.3) is 0 Å². The second-order valence-corrected chi connectivity index (χ2v) is 19.5. The van der Waals surface area contributed by atoms with Crippen LogP contribution in [0.4, 0.5) is 0 Å². The maximum absolute atomic E-state index is 4.52. The molecule has 2 heteroatoms. The predicted molar refractivity (Wildman–Crippen MR) is 104 cm³/mol. The van der Waals surface area contributed by atoms with Crippen LogP contribution in [0.1, 0.15) is 50.7 Å². The molecule has 0 radical (unpaired) electrons. The zero-order chi connectivity index (χ0) is 16.5. The fraction of sp³-hybridized carbons (Fsp3) is 0.476. The third-order valence-electron chi connectivity index (χ3n) is 5.01. The van der Waals surface area contributed by atoms with Gasteiger partial charge in [0.2, 0.25) is 0 Å². The van der Waals surface area contributed by atoms with Crippen LogP contribution in [0.5, 0.6) is 0 Å². The summed E-state index contributed by atoms with van der Waals surface area (Å²) >= 11 is -2.48. The van der Waals surface area contributed by atoms with Gasteiger partial charge in [-0.15, -0.1) is 0 Å². The third kappa shape index (κ3) is 5.07. The minimum atomic E-state index is -2.48. The van der Waals surface area contributed by atoms with Crippen LogP contribution in [0.2, 0.25) is 8.87 Å². The predicted octanol–water partition coefficient (Wildman–Crippen LogP) is 5.43. The van der Waals surface area contributed by atoms with E-state index in [4.69, 9.17) is 0 Å². The van der Waals surface area contributed by atoms with Crippen molar-refractivity contribution in [2.45, 2.75) is 59.8 Å². The first-order valence-corrected chi connectivity index (χ1v) is 16.6. The van der Waals surface area contributed by atoms with Crippen LogP contribution in [0, 0.1) is 6.92 Å². The van der Waals surface area contributed by atoms with Gasteiger partial charge in [0.25, 0.3) is 0 Å². The SMILES string of the molecule is CCC[CH2][Sn]([CH2]CCC)([CH2]c1ccccc1)[c]1cnccc1C. The molecule has 0 aliphatic carbocycles. The van der Waals surface area contributed by atoms with Gasteiger partial charge in [-0.05, 0) is 0 Å². The minimum absolute atomic E-state index is 1.30. The molecule has 0 aliphatic heterocycles. The number of hydrogen-bond donors (Lipinski definition) is 0. The van der Waals surface area contributed by atoms with E-state index in [9.17, 15) is 0 Å². The van der Waals surface area contributed by atoms with Crippen LogP contribution >= 0.6 is 0 Å². The summed E-state index contributed by atoms with van der Waals surface area (Å²) in [5, 5.41) is 0. The summed E-state index contributed by atoms with van der Waals surface area (Å²) in [6, 6.07) is 13.4. The van der Waals surface area contributed by atoms with E-state index >= 15 is 0 Å². The molecule has 0 fully saturated rings. The molecular formula is C21H31NSn. The molecule has 0 N–H and O–H groups in total. The van der Waals surface area contributed by atoms with Crippen LogP contribution in [0.15, 0.2) is 48.8 Å². The molecule has 0 bridgehead atoms. The second-order valence-electron chi connectivity index (χ2n) is 6.84. The molecule has 1 nitrogen and oxygen atoms in total. The molecule has 124 valence electrons. The Morgan fingerprint density at radius 2 is 1.57 bits per heavy atom. The fourth-order valence-electron chi connectivity index (χ4n) is 3.70. The molecule has 0 aliphatic rings. The maximum atomic E-state index is 4.52. The van der Waals surface area contributed by atoms with Crippen LogP contribution < -0.4 is 3.58 Å². The third-order valence-corrected chi connectivity index (χ3v) is 20.3. The van der Waals surface area contributed by atoms with Gasteiger partial charge >= 0.3 is 147 Å². The molecule has 0 saturated heterocycles. The molecule has 2 aromatic rings. The number of unbranched alkanes of at least 4 members (excludes halogenated alkanes) is 2. The molecule has 0 atom stereocenters. The number of benzene rings is 1. The van der Waals surface area contributed by atoms with Crippen LogP contribution in [-0.2, 0) is 4.44 Å². The standard InChI is InChI=1S/C7H7.C6H6N.2C4H9.Sn/c1-7-5-3-2-4-6-7;1-6-2-4-7-5-3-6;2*1-3-4-2;/h2-6H,1H2;2,4-5H,1H3;2*1,3-4H2,2H3;. The molecule has 0 amide bonds. The van der Waals surface area contributed by atoms with Crippen molar-refractivity contribution in [2.75, 3.05) is 0 Å². The van der Waals surface area contributed by atoms with Gasteiger partial charge in [0.05, 0.1) is 0 Å². The number of nitrogens with zero attached hydrogens (tertiary/aromatic N) is 1. The summed E-state index contributed by atoms with van der Waals surface area (Å²) in [7, 11) is 0. The summed E-state index contributed by atoms with van der Waals surface area (Å²) in [6.07, 6.45) is 9.54. The first-order valence-electron chi connectivity index (χ1n) is 9.17. The van der Waals surface area contributed by atoms with E-state index in [-0.39, 0.29) is 0 Å². The summed E-state index contributed by atoms with van der Waals surface area (Å²) in [5.41, 5.74) is 3.03. The van der Waals surface area contributed by atoms with Gasteiger partial charge < -0.3 is 0 Å². The first-order chi connectivity index (χ1) is 11.2. The van der Waals surface area contributed by atoms with Crippen molar-refractivity contribution in [3.8, 4) is 0 Å². The van der Waals surface area contributed by atoms with Crippen molar-refractivity contribution in [2.24, 2.45) is 0 Å². The van der Waals surface area contributed by atoms with Crippen LogP contribution in [-0.4, -0.2) is 23.4 Å². The average Bonchev–Trinajstić information content (AvgIpc) is 2.59. The second kappa shape index (κ2) is 9.46. The molecule has 2 rings (SSSR count).